The number of ether oxygens (including phenoxy) is 1. The lowest BCUT2D eigenvalue weighted by molar-refractivity contribution is 0.0941. The van der Waals surface area contributed by atoms with Gasteiger partial charge in [-0.05, 0) is 49.3 Å². The van der Waals surface area contributed by atoms with Gasteiger partial charge in [-0.2, -0.15) is 9.94 Å². The van der Waals surface area contributed by atoms with E-state index in [2.05, 4.69) is 43.8 Å². The number of nitriles is 1. The molecule has 2 aromatic carbocycles. The zero-order valence-electron chi connectivity index (χ0n) is 31.0. The highest BCUT2D eigenvalue weighted by Gasteiger charge is 2.33. The molecule has 3 heterocycles. The molecule has 0 bridgehead atoms. The number of anilines is 1. The first-order valence-electron chi connectivity index (χ1n) is 18.5. The van der Waals surface area contributed by atoms with Crippen LogP contribution >= 0.6 is 11.3 Å². The fourth-order valence-electron chi connectivity index (χ4n) is 6.58. The van der Waals surface area contributed by atoms with Crippen LogP contribution < -0.4 is 9.64 Å². The zero-order valence-corrected chi connectivity index (χ0v) is 31.8. The van der Waals surface area contributed by atoms with E-state index in [1.54, 1.807) is 25.4 Å². The summed E-state index contributed by atoms with van der Waals surface area (Å²) in [4.78, 5) is 31.4. The van der Waals surface area contributed by atoms with Crippen LogP contribution in [0.1, 0.15) is 108 Å². The summed E-state index contributed by atoms with van der Waals surface area (Å²) in [5.74, 6) is 2.18. The first kappa shape index (κ1) is 37.6. The first-order valence-corrected chi connectivity index (χ1v) is 19.3. The maximum absolute atomic E-state index is 13.5. The van der Waals surface area contributed by atoms with Crippen molar-refractivity contribution in [2.24, 2.45) is 16.8 Å². The second-order valence-electron chi connectivity index (χ2n) is 13.4. The van der Waals surface area contributed by atoms with Crippen LogP contribution in [0.4, 0.5) is 10.1 Å². The molecule has 0 spiro atoms. The van der Waals surface area contributed by atoms with E-state index >= 15 is 0 Å². The van der Waals surface area contributed by atoms with Crippen LogP contribution in [0.15, 0.2) is 70.7 Å². The van der Waals surface area contributed by atoms with Gasteiger partial charge < -0.3 is 9.64 Å². The van der Waals surface area contributed by atoms with Crippen LogP contribution in [0, 0.1) is 23.2 Å². The Morgan fingerprint density at radius 3 is 2.25 bits per heavy atom. The number of benzene rings is 2. The van der Waals surface area contributed by atoms with E-state index in [1.165, 1.54) is 43.2 Å². The van der Waals surface area contributed by atoms with Crippen molar-refractivity contribution >= 4 is 33.1 Å². The van der Waals surface area contributed by atoms with E-state index in [-0.39, 0.29) is 5.57 Å². The Morgan fingerprint density at radius 2 is 1.65 bits per heavy atom. The summed E-state index contributed by atoms with van der Waals surface area (Å²) in [7, 11) is 1.66. The molecule has 0 N–H and O–H groups in total. The molecular formula is C41H51N7O2S. The Bertz CT molecular complexity index is 1870. The number of rotatable bonds is 18. The number of hydrogen-bond donors (Lipinski definition) is 0. The highest BCUT2D eigenvalue weighted by Crippen LogP contribution is 2.42. The molecule has 51 heavy (non-hydrogen) atoms. The number of thiazole rings is 1. The van der Waals surface area contributed by atoms with Gasteiger partial charge >= 0.3 is 0 Å². The van der Waals surface area contributed by atoms with E-state index in [1.807, 2.05) is 54.6 Å². The van der Waals surface area contributed by atoms with Crippen LogP contribution in [-0.4, -0.2) is 51.6 Å². The van der Waals surface area contributed by atoms with Crippen LogP contribution in [0.25, 0.3) is 11.3 Å². The highest BCUT2D eigenvalue weighted by atomic mass is 32.1. The molecule has 1 aliphatic rings. The highest BCUT2D eigenvalue weighted by molar-refractivity contribution is 7.19. The molecule has 0 saturated heterocycles. The molecule has 2 atom stereocenters. The summed E-state index contributed by atoms with van der Waals surface area (Å²) in [5.41, 5.74) is 3.58. The smallest absolute Gasteiger partial charge is 0.291 e. The molecule has 9 nitrogen and oxygen atoms in total. The standard InChI is InChI=1S/C41H51N7O2S/c1-7-11-17-29(9-3)26-47(27-30(10-4)18-12-8-2)41-45-37(32-21-16-22-33(24-32)50-6)39(51-41)44-36-28(5)34(25-42)40(49)48-38(36)43-35(46-48)23-31-19-14-13-15-20-31/h13-16,19-22,24,29-30H,7-12,17-18,23,26-27H2,1-6H3. The molecule has 1 aliphatic heterocycles. The fraction of sp³-hybridized carbons (Fsp3) is 0.463. The molecule has 0 fully saturated rings. The van der Waals surface area contributed by atoms with E-state index < -0.39 is 5.91 Å². The summed E-state index contributed by atoms with van der Waals surface area (Å²) in [6.45, 7) is 12.7. The SMILES string of the molecule is CCCCC(CC)CN(CC(CC)CCCC)c1nc(-c2cccc(OC)c2)c(N=C2C(C)=C(C#N)C(=O)n3nc(Cc4ccccc4)nc32)s1. The lowest BCUT2D eigenvalue weighted by Crippen LogP contribution is -2.34. The summed E-state index contributed by atoms with van der Waals surface area (Å²) < 4.78 is 6.85. The number of unbranched alkanes of at least 4 members (excludes halogenated alkanes) is 2. The molecule has 2 aromatic heterocycles. The van der Waals surface area contributed by atoms with Crippen LogP contribution in [0.5, 0.6) is 5.75 Å². The number of carbonyl (C=O) groups is 1. The number of hydrogen-bond acceptors (Lipinski definition) is 9. The Labute approximate surface area is 307 Å². The van der Waals surface area contributed by atoms with Crippen LogP contribution in [-0.2, 0) is 6.42 Å². The van der Waals surface area contributed by atoms with Crippen LogP contribution in [0.3, 0.4) is 0 Å². The van der Waals surface area contributed by atoms with Crippen molar-refractivity contribution in [2.45, 2.75) is 92.4 Å². The minimum Gasteiger partial charge on any atom is -0.497 e. The molecule has 4 aromatic rings. The van der Waals surface area contributed by atoms with Gasteiger partial charge in [-0.3, -0.25) is 4.79 Å². The summed E-state index contributed by atoms with van der Waals surface area (Å²) in [6.07, 6.45) is 9.84. The molecule has 2 unspecified atom stereocenters. The molecule has 5 rings (SSSR count). The minimum atomic E-state index is -0.490. The summed E-state index contributed by atoms with van der Waals surface area (Å²) in [5, 5.41) is 16.3. The lowest BCUT2D eigenvalue weighted by Gasteiger charge is -2.30. The number of fused-ring (bicyclic) bond motifs is 1. The number of allylic oxidation sites excluding steroid dienone is 2. The van der Waals surface area contributed by atoms with Gasteiger partial charge in [0.1, 0.15) is 33.8 Å². The largest absolute Gasteiger partial charge is 0.497 e. The Hall–Kier alpha value is -4.62. The number of methoxy groups -OCH3 is 1. The second-order valence-corrected chi connectivity index (χ2v) is 14.4. The monoisotopic (exact) mass is 705 g/mol. The fourth-order valence-corrected chi connectivity index (χ4v) is 7.57. The Kier molecular flexibility index (Phi) is 13.3. The summed E-state index contributed by atoms with van der Waals surface area (Å²) >= 11 is 1.56. The van der Waals surface area contributed by atoms with Gasteiger partial charge in [0.2, 0.25) is 0 Å². The van der Waals surface area contributed by atoms with Gasteiger partial charge in [-0.15, -0.1) is 5.10 Å². The van der Waals surface area contributed by atoms with Crippen molar-refractivity contribution in [2.75, 3.05) is 25.1 Å². The van der Waals surface area contributed by atoms with E-state index in [4.69, 9.17) is 19.7 Å². The third kappa shape index (κ3) is 9.01. The van der Waals surface area contributed by atoms with Crippen molar-refractivity contribution in [3.63, 3.8) is 0 Å². The van der Waals surface area contributed by atoms with Crippen molar-refractivity contribution in [1.82, 2.24) is 19.7 Å². The van der Waals surface area contributed by atoms with Crippen molar-refractivity contribution in [1.29, 1.82) is 5.26 Å². The Morgan fingerprint density at radius 1 is 0.961 bits per heavy atom. The molecular weight excluding hydrogens is 655 g/mol. The normalized spacial score (nSPS) is 14.8. The van der Waals surface area contributed by atoms with Gasteiger partial charge in [0.05, 0.1) is 7.11 Å². The second kappa shape index (κ2) is 18.0. The van der Waals surface area contributed by atoms with Gasteiger partial charge in [-0.1, -0.05) is 120 Å². The first-order chi connectivity index (χ1) is 24.8. The number of carbonyl (C=O) groups excluding carboxylic acids is 1. The molecule has 0 amide bonds. The van der Waals surface area contributed by atoms with Gasteiger partial charge in [0.25, 0.3) is 5.91 Å². The molecule has 268 valence electrons. The molecule has 0 saturated carbocycles. The average Bonchev–Trinajstić information content (AvgIpc) is 3.78. The van der Waals surface area contributed by atoms with Crippen molar-refractivity contribution in [3.8, 4) is 23.1 Å². The number of nitrogens with zero attached hydrogens (tertiary/aromatic N) is 7. The van der Waals surface area contributed by atoms with E-state index in [9.17, 15) is 10.1 Å². The summed E-state index contributed by atoms with van der Waals surface area (Å²) in [6, 6.07) is 19.9. The Balaban J connectivity index is 1.66. The van der Waals surface area contributed by atoms with Crippen LogP contribution in [0.2, 0.25) is 0 Å². The molecule has 0 aliphatic carbocycles. The van der Waals surface area contributed by atoms with Gasteiger partial charge in [0.15, 0.2) is 16.8 Å². The van der Waals surface area contributed by atoms with Crippen molar-refractivity contribution < 1.29 is 9.53 Å². The predicted molar refractivity (Wildman–Crippen MR) is 207 cm³/mol. The molecule has 0 radical (unpaired) electrons. The number of aromatic nitrogens is 4. The third-order valence-electron chi connectivity index (χ3n) is 9.78. The molecule has 10 heteroatoms. The lowest BCUT2D eigenvalue weighted by atomic mass is 9.96. The topological polar surface area (TPSA) is 109 Å². The maximum Gasteiger partial charge on any atom is 0.291 e. The van der Waals surface area contributed by atoms with E-state index in [0.717, 1.165) is 53.6 Å². The average molecular weight is 706 g/mol. The third-order valence-corrected chi connectivity index (χ3v) is 10.8. The minimum absolute atomic E-state index is 0.00938. The van der Waals surface area contributed by atoms with Gasteiger partial charge in [-0.25, -0.2) is 15.0 Å². The maximum atomic E-state index is 13.5. The zero-order chi connectivity index (χ0) is 36.3. The van der Waals surface area contributed by atoms with E-state index in [0.29, 0.717) is 46.2 Å². The van der Waals surface area contributed by atoms with Gasteiger partial charge in [0, 0.05) is 30.6 Å². The predicted octanol–water partition coefficient (Wildman–Crippen LogP) is 9.85. The quantitative estimate of drug-likeness (QED) is 0.101. The number of aliphatic imine (C=N–C) groups is 1. The van der Waals surface area contributed by atoms with Crippen molar-refractivity contribution in [3.05, 3.63) is 83.0 Å².